The summed E-state index contributed by atoms with van der Waals surface area (Å²) in [5.74, 6) is 0. The molecule has 0 spiro atoms. The van der Waals surface area contributed by atoms with Gasteiger partial charge in [0.15, 0.2) is 0 Å². The van der Waals surface area contributed by atoms with E-state index in [-0.39, 0.29) is 6.04 Å². The summed E-state index contributed by atoms with van der Waals surface area (Å²) in [6, 6.07) is 12.9. The number of anilines is 1. The summed E-state index contributed by atoms with van der Waals surface area (Å²) < 4.78 is 1.15. The SMILES string of the molecule is Cc1ccc(C(C)Nc2ccc(I)cc2Cl)cc1C. The summed E-state index contributed by atoms with van der Waals surface area (Å²) in [6.07, 6.45) is 0. The van der Waals surface area contributed by atoms with Crippen molar-refractivity contribution in [1.82, 2.24) is 0 Å². The number of hydrogen-bond donors (Lipinski definition) is 1. The number of hydrogen-bond acceptors (Lipinski definition) is 1. The summed E-state index contributed by atoms with van der Waals surface area (Å²) in [6.45, 7) is 6.43. The summed E-state index contributed by atoms with van der Waals surface area (Å²) >= 11 is 8.51. The van der Waals surface area contributed by atoms with Gasteiger partial charge in [0.1, 0.15) is 0 Å². The van der Waals surface area contributed by atoms with Crippen molar-refractivity contribution < 1.29 is 0 Å². The highest BCUT2D eigenvalue weighted by atomic mass is 127. The van der Waals surface area contributed by atoms with Crippen molar-refractivity contribution in [2.75, 3.05) is 5.32 Å². The van der Waals surface area contributed by atoms with Crippen LogP contribution in [-0.2, 0) is 0 Å². The smallest absolute Gasteiger partial charge is 0.0648 e. The predicted octanol–water partition coefficient (Wildman–Crippen LogP) is 5.73. The third-order valence-electron chi connectivity index (χ3n) is 3.33. The fraction of sp³-hybridized carbons (Fsp3) is 0.250. The lowest BCUT2D eigenvalue weighted by Crippen LogP contribution is -2.07. The third-order valence-corrected chi connectivity index (χ3v) is 4.32. The van der Waals surface area contributed by atoms with Crippen molar-refractivity contribution in [2.24, 2.45) is 0 Å². The number of aryl methyl sites for hydroxylation is 2. The van der Waals surface area contributed by atoms with Gasteiger partial charge >= 0.3 is 0 Å². The number of nitrogens with one attached hydrogen (secondary N) is 1. The minimum atomic E-state index is 0.233. The monoisotopic (exact) mass is 385 g/mol. The first-order valence-electron chi connectivity index (χ1n) is 6.26. The Morgan fingerprint density at radius 2 is 1.79 bits per heavy atom. The number of halogens is 2. The van der Waals surface area contributed by atoms with Gasteiger partial charge in [-0.3, -0.25) is 0 Å². The van der Waals surface area contributed by atoms with Gasteiger partial charge in [0.2, 0.25) is 0 Å². The average molecular weight is 386 g/mol. The molecule has 0 aromatic heterocycles. The Morgan fingerprint density at radius 3 is 2.42 bits per heavy atom. The van der Waals surface area contributed by atoms with Gasteiger partial charge in [0.25, 0.3) is 0 Å². The van der Waals surface area contributed by atoms with E-state index in [4.69, 9.17) is 11.6 Å². The Kier molecular flexibility index (Phi) is 4.74. The van der Waals surface area contributed by atoms with Crippen LogP contribution in [0.25, 0.3) is 0 Å². The minimum Gasteiger partial charge on any atom is -0.377 e. The van der Waals surface area contributed by atoms with E-state index in [1.54, 1.807) is 0 Å². The Morgan fingerprint density at radius 1 is 1.05 bits per heavy atom. The first-order valence-corrected chi connectivity index (χ1v) is 7.72. The van der Waals surface area contributed by atoms with Crippen molar-refractivity contribution in [2.45, 2.75) is 26.8 Å². The Hall–Kier alpha value is -0.740. The van der Waals surface area contributed by atoms with E-state index in [9.17, 15) is 0 Å². The molecule has 2 rings (SSSR count). The molecular weight excluding hydrogens is 369 g/mol. The van der Waals surface area contributed by atoms with Gasteiger partial charge in [0.05, 0.1) is 10.7 Å². The molecule has 1 N–H and O–H groups in total. The largest absolute Gasteiger partial charge is 0.377 e. The molecule has 0 radical (unpaired) electrons. The molecule has 0 aliphatic rings. The normalized spacial score (nSPS) is 12.3. The molecule has 1 atom stereocenters. The lowest BCUT2D eigenvalue weighted by atomic mass is 10.0. The molecule has 1 nitrogen and oxygen atoms in total. The lowest BCUT2D eigenvalue weighted by molar-refractivity contribution is 0.881. The molecule has 0 fully saturated rings. The van der Waals surface area contributed by atoms with Crippen LogP contribution in [-0.4, -0.2) is 0 Å². The van der Waals surface area contributed by atoms with E-state index in [1.807, 2.05) is 12.1 Å². The Balaban J connectivity index is 2.20. The molecule has 100 valence electrons. The fourth-order valence-electron chi connectivity index (χ4n) is 1.96. The molecule has 0 aliphatic heterocycles. The molecule has 0 saturated heterocycles. The molecule has 0 bridgehead atoms. The van der Waals surface area contributed by atoms with Gasteiger partial charge in [0, 0.05) is 9.61 Å². The summed E-state index contributed by atoms with van der Waals surface area (Å²) in [5.41, 5.74) is 4.90. The van der Waals surface area contributed by atoms with E-state index in [1.165, 1.54) is 16.7 Å². The molecule has 2 aromatic rings. The molecule has 0 aliphatic carbocycles. The average Bonchev–Trinajstić information content (AvgIpc) is 2.36. The van der Waals surface area contributed by atoms with Gasteiger partial charge in [-0.15, -0.1) is 0 Å². The van der Waals surface area contributed by atoms with E-state index in [0.717, 1.165) is 14.3 Å². The summed E-state index contributed by atoms with van der Waals surface area (Å²) in [5, 5.41) is 4.23. The minimum absolute atomic E-state index is 0.233. The summed E-state index contributed by atoms with van der Waals surface area (Å²) in [4.78, 5) is 0. The molecule has 2 aromatic carbocycles. The van der Waals surface area contributed by atoms with Crippen molar-refractivity contribution in [3.8, 4) is 0 Å². The highest BCUT2D eigenvalue weighted by molar-refractivity contribution is 14.1. The van der Waals surface area contributed by atoms with Crippen LogP contribution in [0.15, 0.2) is 36.4 Å². The standard InChI is InChI=1S/C16H17ClIN/c1-10-4-5-13(8-11(10)2)12(3)19-16-7-6-14(18)9-15(16)17/h4-9,12,19H,1-3H3. The third kappa shape index (κ3) is 3.63. The maximum Gasteiger partial charge on any atom is 0.0648 e. The van der Waals surface area contributed by atoms with Crippen LogP contribution < -0.4 is 5.32 Å². The van der Waals surface area contributed by atoms with E-state index < -0.39 is 0 Å². The van der Waals surface area contributed by atoms with Gasteiger partial charge in [-0.2, -0.15) is 0 Å². The molecule has 0 heterocycles. The number of rotatable bonds is 3. The van der Waals surface area contributed by atoms with Crippen LogP contribution in [0, 0.1) is 17.4 Å². The predicted molar refractivity (Wildman–Crippen MR) is 92.1 cm³/mol. The van der Waals surface area contributed by atoms with Gasteiger partial charge in [-0.1, -0.05) is 29.8 Å². The quantitative estimate of drug-likeness (QED) is 0.665. The highest BCUT2D eigenvalue weighted by Crippen LogP contribution is 2.28. The molecular formula is C16H17ClIN. The van der Waals surface area contributed by atoms with Gasteiger partial charge in [-0.25, -0.2) is 0 Å². The maximum absolute atomic E-state index is 6.25. The first kappa shape index (κ1) is 14.7. The van der Waals surface area contributed by atoms with Crippen LogP contribution in [0.4, 0.5) is 5.69 Å². The van der Waals surface area contributed by atoms with Crippen molar-refractivity contribution in [1.29, 1.82) is 0 Å². The maximum atomic E-state index is 6.25. The molecule has 3 heteroatoms. The Labute approximate surface area is 133 Å². The zero-order chi connectivity index (χ0) is 14.0. The zero-order valence-corrected chi connectivity index (χ0v) is 14.2. The van der Waals surface area contributed by atoms with E-state index >= 15 is 0 Å². The lowest BCUT2D eigenvalue weighted by Gasteiger charge is -2.18. The first-order chi connectivity index (χ1) is 8.97. The molecule has 0 saturated carbocycles. The topological polar surface area (TPSA) is 12.0 Å². The van der Waals surface area contributed by atoms with Gasteiger partial charge in [-0.05, 0) is 78.3 Å². The zero-order valence-electron chi connectivity index (χ0n) is 11.3. The van der Waals surface area contributed by atoms with Crippen molar-refractivity contribution >= 4 is 39.9 Å². The van der Waals surface area contributed by atoms with Crippen molar-refractivity contribution in [3.05, 3.63) is 61.7 Å². The van der Waals surface area contributed by atoms with Gasteiger partial charge < -0.3 is 5.32 Å². The highest BCUT2D eigenvalue weighted by Gasteiger charge is 2.08. The molecule has 1 unspecified atom stereocenters. The summed E-state index contributed by atoms with van der Waals surface area (Å²) in [7, 11) is 0. The van der Waals surface area contributed by atoms with Crippen LogP contribution in [0.5, 0.6) is 0 Å². The van der Waals surface area contributed by atoms with E-state index in [2.05, 4.69) is 72.9 Å². The van der Waals surface area contributed by atoms with Crippen LogP contribution >= 0.6 is 34.2 Å². The molecule has 0 amide bonds. The second kappa shape index (κ2) is 6.14. The van der Waals surface area contributed by atoms with Crippen LogP contribution in [0.1, 0.15) is 29.7 Å². The van der Waals surface area contributed by atoms with E-state index in [0.29, 0.717) is 0 Å². The molecule has 19 heavy (non-hydrogen) atoms. The van der Waals surface area contributed by atoms with Crippen molar-refractivity contribution in [3.63, 3.8) is 0 Å². The second-order valence-corrected chi connectivity index (χ2v) is 6.49. The van der Waals surface area contributed by atoms with Crippen LogP contribution in [0.2, 0.25) is 5.02 Å². The van der Waals surface area contributed by atoms with Crippen LogP contribution in [0.3, 0.4) is 0 Å². The Bertz CT molecular complexity index is 595. The number of benzene rings is 2. The fourth-order valence-corrected chi connectivity index (χ4v) is 2.87. The second-order valence-electron chi connectivity index (χ2n) is 4.83.